The number of pyridine rings is 1. The Kier molecular flexibility index (Phi) is 8.20. The van der Waals surface area contributed by atoms with Gasteiger partial charge in [-0.3, -0.25) is 4.98 Å². The van der Waals surface area contributed by atoms with E-state index < -0.39 is 8.07 Å². The smallest absolute Gasteiger partial charge is 0.179 e. The molecule has 0 amide bonds. The van der Waals surface area contributed by atoms with Crippen LogP contribution in [0, 0.1) is 0 Å². The van der Waals surface area contributed by atoms with E-state index in [0.29, 0.717) is 0 Å². The van der Waals surface area contributed by atoms with Crippen LogP contribution in [0.25, 0.3) is 82.5 Å². The quantitative estimate of drug-likeness (QED) is 0.116. The molecule has 64 heavy (non-hydrogen) atoms. The van der Waals surface area contributed by atoms with Crippen LogP contribution in [0.1, 0.15) is 0 Å². The molecule has 9 aromatic carbocycles. The molecule has 300 valence electrons. The van der Waals surface area contributed by atoms with Crippen molar-refractivity contribution in [2.45, 2.75) is 0 Å². The first-order valence-corrected chi connectivity index (χ1v) is 24.0. The summed E-state index contributed by atoms with van der Waals surface area (Å²) in [5.74, 6) is 0. The molecular formula is C59H40N4Si. The Morgan fingerprint density at radius 1 is 0.297 bits per heavy atom. The van der Waals surface area contributed by atoms with Crippen LogP contribution in [0.15, 0.2) is 243 Å². The highest BCUT2D eigenvalue weighted by Gasteiger charge is 2.41. The molecule has 13 rings (SSSR count). The van der Waals surface area contributed by atoms with Crippen LogP contribution < -0.4 is 20.7 Å². The fraction of sp³-hybridized carbons (Fsp3) is 0. The lowest BCUT2D eigenvalue weighted by molar-refractivity contribution is 1.16. The van der Waals surface area contributed by atoms with Gasteiger partial charge in [0.2, 0.25) is 0 Å². The van der Waals surface area contributed by atoms with Gasteiger partial charge in [0.15, 0.2) is 8.07 Å². The van der Waals surface area contributed by atoms with Gasteiger partial charge in [0.1, 0.15) is 0 Å². The fourth-order valence-corrected chi connectivity index (χ4v) is 15.6. The summed E-state index contributed by atoms with van der Waals surface area (Å²) in [4.78, 5) is 4.59. The summed E-state index contributed by atoms with van der Waals surface area (Å²) in [6, 6.07) is 85.1. The molecule has 0 atom stereocenters. The predicted octanol–water partition coefficient (Wildman–Crippen LogP) is 11.8. The van der Waals surface area contributed by atoms with Gasteiger partial charge >= 0.3 is 0 Å². The zero-order chi connectivity index (χ0) is 42.2. The van der Waals surface area contributed by atoms with Crippen LogP contribution in [0.2, 0.25) is 0 Å². The zero-order valence-corrected chi connectivity index (χ0v) is 35.9. The molecule has 0 aliphatic carbocycles. The number of fused-ring (bicyclic) bond motifs is 9. The van der Waals surface area contributed by atoms with E-state index in [1.807, 2.05) is 12.4 Å². The maximum absolute atomic E-state index is 4.59. The highest BCUT2D eigenvalue weighted by atomic mass is 28.3. The summed E-state index contributed by atoms with van der Waals surface area (Å²) in [5.41, 5.74) is 10.4. The molecular weight excluding hydrogens is 793 g/mol. The summed E-state index contributed by atoms with van der Waals surface area (Å²) < 4.78 is 7.28. The van der Waals surface area contributed by atoms with Crippen molar-refractivity contribution in [1.82, 2.24) is 18.7 Å². The minimum atomic E-state index is -2.66. The van der Waals surface area contributed by atoms with Crippen LogP contribution >= 0.6 is 0 Å². The highest BCUT2D eigenvalue weighted by Crippen LogP contribution is 2.41. The number of benzene rings is 9. The molecule has 0 aliphatic rings. The molecule has 5 heteroatoms. The van der Waals surface area contributed by atoms with Crippen LogP contribution in [0.3, 0.4) is 0 Å². The SMILES string of the molecule is c1ccc([Si](c2ccccc2)(c2ccccc2)c2ccc(-n3c4ccccc4c4cc(-n5c6ccccc6c6c(-n7c8ccccc8c8ccncc87)cccc65)ccc43)cc2)cc1. The van der Waals surface area contributed by atoms with Gasteiger partial charge in [0, 0.05) is 49.9 Å². The van der Waals surface area contributed by atoms with E-state index >= 15 is 0 Å². The fourth-order valence-electron chi connectivity index (χ4n) is 10.8. The Bertz CT molecular complexity index is 3730. The minimum Gasteiger partial charge on any atom is -0.309 e. The van der Waals surface area contributed by atoms with E-state index in [9.17, 15) is 0 Å². The first-order valence-electron chi connectivity index (χ1n) is 22.0. The maximum atomic E-state index is 4.59. The molecule has 0 N–H and O–H groups in total. The van der Waals surface area contributed by atoms with E-state index in [1.165, 1.54) is 75.1 Å². The normalized spacial score (nSPS) is 12.1. The van der Waals surface area contributed by atoms with Crippen molar-refractivity contribution in [3.05, 3.63) is 243 Å². The predicted molar refractivity (Wildman–Crippen MR) is 271 cm³/mol. The molecule has 4 aromatic heterocycles. The molecule has 4 nitrogen and oxygen atoms in total. The number of hydrogen-bond donors (Lipinski definition) is 0. The van der Waals surface area contributed by atoms with Gasteiger partial charge in [-0.05, 0) is 87.5 Å². The van der Waals surface area contributed by atoms with Crippen LogP contribution in [-0.2, 0) is 0 Å². The van der Waals surface area contributed by atoms with Crippen molar-refractivity contribution in [1.29, 1.82) is 0 Å². The lowest BCUT2D eigenvalue weighted by Gasteiger charge is -2.34. The highest BCUT2D eigenvalue weighted by molar-refractivity contribution is 7.19. The second-order valence-electron chi connectivity index (χ2n) is 16.7. The Labute approximate surface area is 371 Å². The van der Waals surface area contributed by atoms with E-state index in [0.717, 1.165) is 28.1 Å². The monoisotopic (exact) mass is 832 g/mol. The van der Waals surface area contributed by atoms with E-state index in [1.54, 1.807) is 0 Å². The van der Waals surface area contributed by atoms with Crippen LogP contribution in [-0.4, -0.2) is 26.8 Å². The molecule has 4 heterocycles. The van der Waals surface area contributed by atoms with Crippen LogP contribution in [0.4, 0.5) is 0 Å². The third-order valence-corrected chi connectivity index (χ3v) is 18.3. The summed E-state index contributed by atoms with van der Waals surface area (Å²) in [6.45, 7) is 0. The lowest BCUT2D eigenvalue weighted by atomic mass is 10.1. The molecule has 0 unspecified atom stereocenters. The summed E-state index contributed by atoms with van der Waals surface area (Å²) in [7, 11) is -2.66. The third kappa shape index (κ3) is 5.25. The second kappa shape index (κ2) is 14.4. The molecule has 0 bridgehead atoms. The third-order valence-electron chi connectivity index (χ3n) is 13.5. The van der Waals surface area contributed by atoms with Gasteiger partial charge in [-0.2, -0.15) is 0 Å². The van der Waals surface area contributed by atoms with Gasteiger partial charge in [0.25, 0.3) is 0 Å². The molecule has 0 spiro atoms. The first kappa shape index (κ1) is 36.4. The number of rotatable bonds is 7. The molecule has 0 saturated carbocycles. The number of para-hydroxylation sites is 3. The number of nitrogens with zero attached hydrogens (tertiary/aromatic N) is 4. The van der Waals surface area contributed by atoms with E-state index in [4.69, 9.17) is 0 Å². The Morgan fingerprint density at radius 3 is 1.39 bits per heavy atom. The van der Waals surface area contributed by atoms with Crippen molar-refractivity contribution in [3.63, 3.8) is 0 Å². The van der Waals surface area contributed by atoms with Crippen molar-refractivity contribution in [3.8, 4) is 17.1 Å². The first-order chi connectivity index (χ1) is 31.8. The molecule has 0 saturated heterocycles. The summed E-state index contributed by atoms with van der Waals surface area (Å²) >= 11 is 0. The number of aromatic nitrogens is 4. The van der Waals surface area contributed by atoms with Gasteiger partial charge in [-0.1, -0.05) is 164 Å². The van der Waals surface area contributed by atoms with E-state index in [2.05, 4.69) is 249 Å². The van der Waals surface area contributed by atoms with E-state index in [-0.39, 0.29) is 0 Å². The van der Waals surface area contributed by atoms with Crippen molar-refractivity contribution in [2.24, 2.45) is 0 Å². The molecule has 0 fully saturated rings. The van der Waals surface area contributed by atoms with Gasteiger partial charge < -0.3 is 13.7 Å². The zero-order valence-electron chi connectivity index (χ0n) is 34.9. The summed E-state index contributed by atoms with van der Waals surface area (Å²) in [5, 5.41) is 12.8. The van der Waals surface area contributed by atoms with Gasteiger partial charge in [-0.15, -0.1) is 0 Å². The Morgan fingerprint density at radius 2 is 0.750 bits per heavy atom. The van der Waals surface area contributed by atoms with Crippen molar-refractivity contribution in [2.75, 3.05) is 0 Å². The minimum absolute atomic E-state index is 1.10. The average Bonchev–Trinajstić information content (AvgIpc) is 4.01. The lowest BCUT2D eigenvalue weighted by Crippen LogP contribution is -2.74. The second-order valence-corrected chi connectivity index (χ2v) is 20.5. The largest absolute Gasteiger partial charge is 0.309 e. The topological polar surface area (TPSA) is 27.7 Å². The Hall–Kier alpha value is -8.25. The standard InChI is InChI=1S/C59H40N4Si/c1-4-17-43(18-5-1)64(44-19-6-2-7-20-44,45-21-8-3-9-22-45)46-34-31-41(32-35-46)61-52-26-13-11-24-48(52)51-39-42(33-36-55(51)61)62-54-28-15-12-25-50(54)59-56(62)29-16-30-57(59)63-53-27-14-10-23-47(53)49-37-38-60-40-58(49)63/h1-40H. The number of hydrogen-bond acceptors (Lipinski definition) is 1. The Balaban J connectivity index is 1.00. The van der Waals surface area contributed by atoms with Gasteiger partial charge in [0.05, 0.1) is 45.0 Å². The maximum Gasteiger partial charge on any atom is 0.179 e. The van der Waals surface area contributed by atoms with Gasteiger partial charge in [-0.25, -0.2) is 0 Å². The molecule has 0 aliphatic heterocycles. The molecule has 13 aromatic rings. The summed E-state index contributed by atoms with van der Waals surface area (Å²) in [6.07, 6.45) is 3.89. The average molecular weight is 833 g/mol. The van der Waals surface area contributed by atoms with Crippen LogP contribution in [0.5, 0.6) is 0 Å². The van der Waals surface area contributed by atoms with Crippen molar-refractivity contribution < 1.29 is 0 Å². The molecule has 0 radical (unpaired) electrons. The van der Waals surface area contributed by atoms with Crippen molar-refractivity contribution >= 4 is 94.2 Å².